The Morgan fingerprint density at radius 2 is 2.32 bits per heavy atom. The number of rotatable bonds is 5. The van der Waals surface area contributed by atoms with Gasteiger partial charge in [-0.05, 0) is 26.2 Å². The van der Waals surface area contributed by atoms with Crippen molar-refractivity contribution in [2.24, 2.45) is 5.41 Å². The fourth-order valence-electron chi connectivity index (χ4n) is 2.49. The number of ether oxygens (including phenoxy) is 2. The number of hydrogen-bond donors (Lipinski definition) is 1. The highest BCUT2D eigenvalue weighted by atomic mass is 16.5. The van der Waals surface area contributed by atoms with Crippen molar-refractivity contribution in [2.75, 3.05) is 32.9 Å². The van der Waals surface area contributed by atoms with Gasteiger partial charge in [0, 0.05) is 19.7 Å². The lowest BCUT2D eigenvalue weighted by molar-refractivity contribution is -0.147. The molecule has 0 radical (unpaired) electrons. The molecular weight excluding hydrogens is 250 g/mol. The molecule has 2 saturated heterocycles. The summed E-state index contributed by atoms with van der Waals surface area (Å²) in [6.45, 7) is 3.65. The van der Waals surface area contributed by atoms with Gasteiger partial charge < -0.3 is 19.5 Å². The molecule has 0 aromatic heterocycles. The number of carboxylic acid groups (broad SMARTS) is 1. The van der Waals surface area contributed by atoms with E-state index >= 15 is 0 Å². The minimum Gasteiger partial charge on any atom is -0.481 e. The highest BCUT2D eigenvalue weighted by Gasteiger charge is 2.42. The molecule has 1 amide bonds. The topological polar surface area (TPSA) is 76.1 Å². The second kappa shape index (κ2) is 5.88. The molecule has 0 spiro atoms. The third kappa shape index (κ3) is 3.45. The predicted octanol–water partition coefficient (Wildman–Crippen LogP) is 0.505. The van der Waals surface area contributed by atoms with Crippen molar-refractivity contribution in [3.63, 3.8) is 0 Å². The number of carboxylic acids is 1. The minimum atomic E-state index is -0.844. The van der Waals surface area contributed by atoms with Gasteiger partial charge in [0.05, 0.1) is 18.1 Å². The number of nitrogens with zero attached hydrogens (tertiary/aromatic N) is 1. The van der Waals surface area contributed by atoms with Crippen molar-refractivity contribution in [3.05, 3.63) is 0 Å². The van der Waals surface area contributed by atoms with Crippen LogP contribution in [0.2, 0.25) is 0 Å². The number of likely N-dealkylation sites (tertiary alicyclic amines) is 1. The van der Waals surface area contributed by atoms with Gasteiger partial charge in [-0.25, -0.2) is 0 Å². The minimum absolute atomic E-state index is 0.00948. The van der Waals surface area contributed by atoms with Crippen LogP contribution in [0.25, 0.3) is 0 Å². The first-order chi connectivity index (χ1) is 9.01. The van der Waals surface area contributed by atoms with Crippen molar-refractivity contribution in [2.45, 2.75) is 32.3 Å². The molecule has 2 aliphatic rings. The first-order valence-corrected chi connectivity index (χ1v) is 6.72. The molecular formula is C13H21NO5. The molecule has 19 heavy (non-hydrogen) atoms. The maximum Gasteiger partial charge on any atom is 0.311 e. The van der Waals surface area contributed by atoms with Gasteiger partial charge in [-0.15, -0.1) is 0 Å². The molecule has 0 unspecified atom stereocenters. The van der Waals surface area contributed by atoms with Crippen LogP contribution in [0.15, 0.2) is 0 Å². The first kappa shape index (κ1) is 14.3. The van der Waals surface area contributed by atoms with Crippen LogP contribution in [0, 0.1) is 5.41 Å². The van der Waals surface area contributed by atoms with Gasteiger partial charge in [-0.3, -0.25) is 9.59 Å². The molecule has 0 saturated carbocycles. The number of amides is 1. The van der Waals surface area contributed by atoms with E-state index < -0.39 is 11.4 Å². The van der Waals surface area contributed by atoms with Crippen LogP contribution < -0.4 is 0 Å². The van der Waals surface area contributed by atoms with Crippen LogP contribution in [-0.4, -0.2) is 60.9 Å². The molecule has 2 aliphatic heterocycles. The fraction of sp³-hybridized carbons (Fsp3) is 0.846. The van der Waals surface area contributed by atoms with Crippen LogP contribution in [0.5, 0.6) is 0 Å². The van der Waals surface area contributed by atoms with Crippen molar-refractivity contribution >= 4 is 11.9 Å². The molecule has 1 N–H and O–H groups in total. The lowest BCUT2D eigenvalue weighted by atomic mass is 9.90. The Bertz CT molecular complexity index is 353. The van der Waals surface area contributed by atoms with E-state index in [0.29, 0.717) is 19.6 Å². The van der Waals surface area contributed by atoms with E-state index in [4.69, 9.17) is 14.6 Å². The number of hydrogen-bond acceptors (Lipinski definition) is 4. The van der Waals surface area contributed by atoms with Crippen LogP contribution in [0.1, 0.15) is 26.2 Å². The zero-order valence-corrected chi connectivity index (χ0v) is 11.3. The van der Waals surface area contributed by atoms with E-state index in [2.05, 4.69) is 0 Å². The summed E-state index contributed by atoms with van der Waals surface area (Å²) < 4.78 is 10.8. The monoisotopic (exact) mass is 271 g/mol. The molecule has 0 bridgehead atoms. The van der Waals surface area contributed by atoms with Crippen LogP contribution in [-0.2, 0) is 19.1 Å². The summed E-state index contributed by atoms with van der Waals surface area (Å²) in [4.78, 5) is 24.6. The average Bonchev–Trinajstić information content (AvgIpc) is 2.99. The maximum atomic E-state index is 11.9. The molecule has 2 heterocycles. The van der Waals surface area contributed by atoms with Crippen molar-refractivity contribution in [1.82, 2.24) is 4.90 Å². The van der Waals surface area contributed by atoms with Crippen molar-refractivity contribution in [3.8, 4) is 0 Å². The normalized spacial score (nSPS) is 30.8. The highest BCUT2D eigenvalue weighted by molar-refractivity contribution is 5.81. The lowest BCUT2D eigenvalue weighted by Gasteiger charge is -2.20. The second-order valence-corrected chi connectivity index (χ2v) is 5.58. The molecule has 0 aromatic carbocycles. The van der Waals surface area contributed by atoms with Crippen LogP contribution in [0.4, 0.5) is 0 Å². The van der Waals surface area contributed by atoms with E-state index in [1.54, 1.807) is 11.8 Å². The second-order valence-electron chi connectivity index (χ2n) is 5.58. The maximum absolute atomic E-state index is 11.9. The Labute approximate surface area is 112 Å². The van der Waals surface area contributed by atoms with Gasteiger partial charge in [-0.1, -0.05) is 0 Å². The smallest absolute Gasteiger partial charge is 0.311 e. The summed E-state index contributed by atoms with van der Waals surface area (Å²) >= 11 is 0. The zero-order valence-electron chi connectivity index (χ0n) is 11.3. The summed E-state index contributed by atoms with van der Waals surface area (Å²) in [5.41, 5.74) is -0.815. The Morgan fingerprint density at radius 3 is 2.89 bits per heavy atom. The summed E-state index contributed by atoms with van der Waals surface area (Å²) in [7, 11) is 0. The largest absolute Gasteiger partial charge is 0.481 e. The Kier molecular flexibility index (Phi) is 4.42. The predicted molar refractivity (Wildman–Crippen MR) is 66.7 cm³/mol. The quantitative estimate of drug-likeness (QED) is 0.788. The summed E-state index contributed by atoms with van der Waals surface area (Å²) in [6.07, 6.45) is 2.63. The van der Waals surface area contributed by atoms with Gasteiger partial charge in [0.2, 0.25) is 5.91 Å². The third-order valence-corrected chi connectivity index (χ3v) is 3.90. The first-order valence-electron chi connectivity index (χ1n) is 6.72. The van der Waals surface area contributed by atoms with E-state index in [1.807, 2.05) is 0 Å². The van der Waals surface area contributed by atoms with Gasteiger partial charge in [0.15, 0.2) is 0 Å². The average molecular weight is 271 g/mol. The molecule has 0 aliphatic carbocycles. The van der Waals surface area contributed by atoms with Gasteiger partial charge in [0.1, 0.15) is 6.61 Å². The summed E-state index contributed by atoms with van der Waals surface area (Å²) in [6, 6.07) is 0. The number of carbonyl (C=O) groups excluding carboxylic acids is 1. The van der Waals surface area contributed by atoms with Crippen LogP contribution in [0.3, 0.4) is 0 Å². The van der Waals surface area contributed by atoms with E-state index in [0.717, 1.165) is 19.4 Å². The SMILES string of the molecule is C[C@@]1(C(=O)O)CCN(C(=O)COC[C@H]2CCCO2)C1. The molecule has 108 valence electrons. The molecule has 6 nitrogen and oxygen atoms in total. The molecule has 0 aromatic rings. The molecule has 6 heteroatoms. The van der Waals surface area contributed by atoms with E-state index in [1.165, 1.54) is 0 Å². The Balaban J connectivity index is 1.70. The fourth-order valence-corrected chi connectivity index (χ4v) is 2.49. The van der Waals surface area contributed by atoms with E-state index in [-0.39, 0.29) is 25.2 Å². The Hall–Kier alpha value is -1.14. The molecule has 2 rings (SSSR count). The summed E-state index contributed by atoms with van der Waals surface area (Å²) in [5, 5.41) is 9.11. The van der Waals surface area contributed by atoms with Gasteiger partial charge in [0.25, 0.3) is 0 Å². The van der Waals surface area contributed by atoms with Crippen molar-refractivity contribution in [1.29, 1.82) is 0 Å². The third-order valence-electron chi connectivity index (χ3n) is 3.90. The highest BCUT2D eigenvalue weighted by Crippen LogP contribution is 2.30. The lowest BCUT2D eigenvalue weighted by Crippen LogP contribution is -2.37. The van der Waals surface area contributed by atoms with Crippen molar-refractivity contribution < 1.29 is 24.2 Å². The standard InChI is InChI=1S/C13H21NO5/c1-13(12(16)17)4-5-14(9-13)11(15)8-18-7-10-3-2-6-19-10/h10H,2-9H2,1H3,(H,16,17)/t10-,13-/m1/s1. The van der Waals surface area contributed by atoms with Crippen LogP contribution >= 0.6 is 0 Å². The zero-order chi connectivity index (χ0) is 13.9. The van der Waals surface area contributed by atoms with Gasteiger partial charge in [-0.2, -0.15) is 0 Å². The van der Waals surface area contributed by atoms with Gasteiger partial charge >= 0.3 is 5.97 Å². The number of carbonyl (C=O) groups is 2. The summed E-state index contributed by atoms with van der Waals surface area (Å²) in [5.74, 6) is -0.981. The molecule has 2 atom stereocenters. The van der Waals surface area contributed by atoms with E-state index in [9.17, 15) is 9.59 Å². The number of aliphatic carboxylic acids is 1. The molecule has 2 fully saturated rings. The Morgan fingerprint density at radius 1 is 1.53 bits per heavy atom.